The number of hydrogen-bond donors (Lipinski definition) is 0. The Morgan fingerprint density at radius 2 is 2.00 bits per heavy atom. The van der Waals surface area contributed by atoms with Crippen LogP contribution in [0.2, 0.25) is 0 Å². The highest BCUT2D eigenvalue weighted by atomic mass is 16.6. The highest BCUT2D eigenvalue weighted by Gasteiger charge is 2.38. The molecule has 0 radical (unpaired) electrons. The molecule has 0 aromatic rings. The summed E-state index contributed by atoms with van der Waals surface area (Å²) in [6, 6.07) is -0.668. The topological polar surface area (TPSA) is 72.9 Å². The van der Waals surface area contributed by atoms with Gasteiger partial charge in [-0.05, 0) is 46.5 Å². The van der Waals surface area contributed by atoms with Gasteiger partial charge in [0.15, 0.2) is 0 Å². The standard InChI is InChI=1S/C15H25NO5/c1-5-20-13(18)12-10-11(7-9-17)6-8-16(12)14(19)21-15(2,3)4/h9,11-12H,5-8,10H2,1-4H3. The van der Waals surface area contributed by atoms with Crippen molar-refractivity contribution in [2.24, 2.45) is 5.92 Å². The molecule has 6 nitrogen and oxygen atoms in total. The summed E-state index contributed by atoms with van der Waals surface area (Å²) in [5.74, 6) is -0.324. The van der Waals surface area contributed by atoms with Gasteiger partial charge in [0, 0.05) is 13.0 Å². The zero-order valence-corrected chi connectivity index (χ0v) is 13.3. The SMILES string of the molecule is CCOC(=O)C1CC(CC=O)CCN1C(=O)OC(C)(C)C. The Labute approximate surface area is 125 Å². The summed E-state index contributed by atoms with van der Waals surface area (Å²) in [6.07, 6.45) is 1.88. The van der Waals surface area contributed by atoms with Crippen LogP contribution in [0.4, 0.5) is 4.79 Å². The number of piperidine rings is 1. The summed E-state index contributed by atoms with van der Waals surface area (Å²) in [7, 11) is 0. The quantitative estimate of drug-likeness (QED) is 0.587. The van der Waals surface area contributed by atoms with E-state index >= 15 is 0 Å². The third-order valence-electron chi connectivity index (χ3n) is 3.33. The number of carbonyl (C=O) groups excluding carboxylic acids is 3. The van der Waals surface area contributed by atoms with Gasteiger partial charge in [-0.15, -0.1) is 0 Å². The first-order valence-corrected chi connectivity index (χ1v) is 7.38. The fourth-order valence-corrected chi connectivity index (χ4v) is 2.39. The van der Waals surface area contributed by atoms with Crippen molar-refractivity contribution in [2.45, 2.75) is 58.6 Å². The lowest BCUT2D eigenvalue weighted by molar-refractivity contribution is -0.151. The minimum absolute atomic E-state index is 0.107. The number of hydrogen-bond acceptors (Lipinski definition) is 5. The first kappa shape index (κ1) is 17.5. The second kappa shape index (κ2) is 7.43. The Morgan fingerprint density at radius 3 is 2.52 bits per heavy atom. The van der Waals surface area contributed by atoms with E-state index in [-0.39, 0.29) is 12.5 Å². The normalized spacial score (nSPS) is 22.6. The molecule has 2 atom stereocenters. The maximum Gasteiger partial charge on any atom is 0.411 e. The number of rotatable bonds is 4. The van der Waals surface area contributed by atoms with Crippen LogP contribution in [-0.2, 0) is 19.1 Å². The molecular formula is C15H25NO5. The molecule has 0 N–H and O–H groups in total. The lowest BCUT2D eigenvalue weighted by atomic mass is 9.89. The molecule has 1 rings (SSSR count). The van der Waals surface area contributed by atoms with Crippen LogP contribution in [0, 0.1) is 5.92 Å². The van der Waals surface area contributed by atoms with E-state index in [1.165, 1.54) is 4.90 Å². The largest absolute Gasteiger partial charge is 0.464 e. The molecule has 1 amide bonds. The number of amides is 1. The number of carbonyl (C=O) groups is 3. The molecule has 1 aliphatic rings. The molecule has 6 heteroatoms. The number of ether oxygens (including phenoxy) is 2. The molecule has 120 valence electrons. The van der Waals surface area contributed by atoms with Gasteiger partial charge in [0.1, 0.15) is 17.9 Å². The summed E-state index contributed by atoms with van der Waals surface area (Å²) >= 11 is 0. The van der Waals surface area contributed by atoms with Crippen LogP contribution in [0.1, 0.15) is 47.0 Å². The molecule has 0 aliphatic carbocycles. The van der Waals surface area contributed by atoms with Crippen molar-refractivity contribution >= 4 is 18.3 Å². The van der Waals surface area contributed by atoms with E-state index in [1.54, 1.807) is 27.7 Å². The minimum atomic E-state index is -0.668. The number of esters is 1. The highest BCUT2D eigenvalue weighted by molar-refractivity contribution is 5.82. The van der Waals surface area contributed by atoms with Crippen LogP contribution in [0.15, 0.2) is 0 Å². The van der Waals surface area contributed by atoms with Gasteiger partial charge in [-0.1, -0.05) is 0 Å². The molecule has 1 fully saturated rings. The van der Waals surface area contributed by atoms with E-state index in [2.05, 4.69) is 0 Å². The fraction of sp³-hybridized carbons (Fsp3) is 0.800. The molecule has 21 heavy (non-hydrogen) atoms. The second-order valence-corrected chi connectivity index (χ2v) is 6.23. The second-order valence-electron chi connectivity index (χ2n) is 6.23. The Bertz CT molecular complexity index is 388. The number of nitrogens with zero attached hydrogens (tertiary/aromatic N) is 1. The van der Waals surface area contributed by atoms with Crippen molar-refractivity contribution in [3.8, 4) is 0 Å². The van der Waals surface area contributed by atoms with Crippen LogP contribution in [-0.4, -0.2) is 48.0 Å². The third-order valence-corrected chi connectivity index (χ3v) is 3.33. The summed E-state index contributed by atoms with van der Waals surface area (Å²) in [4.78, 5) is 36.4. The fourth-order valence-electron chi connectivity index (χ4n) is 2.39. The predicted molar refractivity (Wildman–Crippen MR) is 76.8 cm³/mol. The van der Waals surface area contributed by atoms with Crippen LogP contribution < -0.4 is 0 Å². The van der Waals surface area contributed by atoms with Gasteiger partial charge in [-0.25, -0.2) is 9.59 Å². The van der Waals surface area contributed by atoms with E-state index in [0.29, 0.717) is 25.8 Å². The van der Waals surface area contributed by atoms with Gasteiger partial charge < -0.3 is 14.3 Å². The number of likely N-dealkylation sites (tertiary alicyclic amines) is 1. The monoisotopic (exact) mass is 299 g/mol. The van der Waals surface area contributed by atoms with Gasteiger partial charge in [0.2, 0.25) is 0 Å². The molecular weight excluding hydrogens is 274 g/mol. The van der Waals surface area contributed by atoms with Crippen molar-refractivity contribution in [2.75, 3.05) is 13.2 Å². The van der Waals surface area contributed by atoms with Crippen LogP contribution >= 0.6 is 0 Å². The molecule has 0 spiro atoms. The molecule has 0 saturated carbocycles. The predicted octanol–water partition coefficient (Wildman–Crippen LogP) is 2.15. The molecule has 0 aromatic heterocycles. The Morgan fingerprint density at radius 1 is 1.33 bits per heavy atom. The summed E-state index contributed by atoms with van der Waals surface area (Å²) in [6.45, 7) is 7.73. The van der Waals surface area contributed by atoms with E-state index in [4.69, 9.17) is 9.47 Å². The Hall–Kier alpha value is -1.59. The maximum absolute atomic E-state index is 12.2. The molecule has 1 aliphatic heterocycles. The van der Waals surface area contributed by atoms with Crippen LogP contribution in [0.5, 0.6) is 0 Å². The van der Waals surface area contributed by atoms with Gasteiger partial charge in [0.05, 0.1) is 6.61 Å². The zero-order valence-electron chi connectivity index (χ0n) is 13.3. The van der Waals surface area contributed by atoms with Crippen molar-refractivity contribution < 1.29 is 23.9 Å². The van der Waals surface area contributed by atoms with Gasteiger partial charge in [0.25, 0.3) is 0 Å². The van der Waals surface area contributed by atoms with Crippen molar-refractivity contribution in [1.29, 1.82) is 0 Å². The average molecular weight is 299 g/mol. The third kappa shape index (κ3) is 5.36. The van der Waals surface area contributed by atoms with Crippen LogP contribution in [0.25, 0.3) is 0 Å². The molecule has 0 aromatic carbocycles. The molecule has 1 saturated heterocycles. The van der Waals surface area contributed by atoms with Crippen molar-refractivity contribution in [3.05, 3.63) is 0 Å². The zero-order chi connectivity index (χ0) is 16.0. The molecule has 2 unspecified atom stereocenters. The van der Waals surface area contributed by atoms with Crippen molar-refractivity contribution in [3.63, 3.8) is 0 Å². The average Bonchev–Trinajstić information content (AvgIpc) is 2.37. The lowest BCUT2D eigenvalue weighted by Crippen LogP contribution is -2.52. The van der Waals surface area contributed by atoms with Gasteiger partial charge in [-0.3, -0.25) is 4.90 Å². The number of aldehydes is 1. The molecule has 0 bridgehead atoms. The summed E-state index contributed by atoms with van der Waals surface area (Å²) in [5, 5.41) is 0. The lowest BCUT2D eigenvalue weighted by Gasteiger charge is -2.38. The molecule has 1 heterocycles. The summed E-state index contributed by atoms with van der Waals surface area (Å²) in [5.41, 5.74) is -0.615. The first-order valence-electron chi connectivity index (χ1n) is 7.38. The van der Waals surface area contributed by atoms with E-state index in [9.17, 15) is 14.4 Å². The van der Waals surface area contributed by atoms with Crippen molar-refractivity contribution in [1.82, 2.24) is 4.90 Å². The first-order chi connectivity index (χ1) is 9.78. The minimum Gasteiger partial charge on any atom is -0.464 e. The van der Waals surface area contributed by atoms with E-state index in [1.807, 2.05) is 0 Å². The smallest absolute Gasteiger partial charge is 0.411 e. The summed E-state index contributed by atoms with van der Waals surface area (Å²) < 4.78 is 10.4. The Kier molecular flexibility index (Phi) is 6.18. The highest BCUT2D eigenvalue weighted by Crippen LogP contribution is 2.27. The van der Waals surface area contributed by atoms with Gasteiger partial charge in [-0.2, -0.15) is 0 Å². The maximum atomic E-state index is 12.2. The van der Waals surface area contributed by atoms with Crippen LogP contribution in [0.3, 0.4) is 0 Å². The van der Waals surface area contributed by atoms with E-state index < -0.39 is 23.7 Å². The van der Waals surface area contributed by atoms with Gasteiger partial charge >= 0.3 is 12.1 Å². The van der Waals surface area contributed by atoms with E-state index in [0.717, 1.165) is 6.29 Å². The Balaban J connectivity index is 2.81.